The van der Waals surface area contributed by atoms with E-state index in [1.54, 1.807) is 22.2 Å². The van der Waals surface area contributed by atoms with Gasteiger partial charge in [-0.2, -0.15) is 0 Å². The molecule has 0 bridgehead atoms. The molecule has 1 aromatic carbocycles. The Kier molecular flexibility index (Phi) is 5.10. The molecular formula is C20H24ClN3O2. The van der Waals surface area contributed by atoms with E-state index in [0.717, 1.165) is 17.7 Å². The van der Waals surface area contributed by atoms with E-state index < -0.39 is 0 Å². The highest BCUT2D eigenvalue weighted by Crippen LogP contribution is 2.31. The number of benzene rings is 1. The Labute approximate surface area is 158 Å². The number of rotatable bonds is 5. The second-order valence-corrected chi connectivity index (χ2v) is 6.98. The van der Waals surface area contributed by atoms with E-state index in [-0.39, 0.29) is 5.56 Å². The molecule has 1 atom stereocenters. The third-order valence-corrected chi connectivity index (χ3v) is 5.15. The summed E-state index contributed by atoms with van der Waals surface area (Å²) in [5.74, 6) is 1.53. The Bertz CT molecular complexity index is 1020. The van der Waals surface area contributed by atoms with Crippen molar-refractivity contribution in [3.8, 4) is 17.1 Å². The zero-order valence-electron chi connectivity index (χ0n) is 15.8. The van der Waals surface area contributed by atoms with E-state index in [2.05, 4.69) is 19.9 Å². The van der Waals surface area contributed by atoms with Gasteiger partial charge in [0, 0.05) is 18.3 Å². The number of aryl methyl sites for hydroxylation is 1. The van der Waals surface area contributed by atoms with Gasteiger partial charge >= 0.3 is 0 Å². The summed E-state index contributed by atoms with van der Waals surface area (Å²) in [5.41, 5.74) is 3.27. The summed E-state index contributed by atoms with van der Waals surface area (Å²) in [5, 5.41) is 5.24. The van der Waals surface area contributed by atoms with Crippen LogP contribution in [0.3, 0.4) is 0 Å². The Morgan fingerprint density at radius 1 is 1.27 bits per heavy atom. The highest BCUT2D eigenvalue weighted by molar-refractivity contribution is 6.33. The van der Waals surface area contributed by atoms with Crippen molar-refractivity contribution in [3.63, 3.8) is 0 Å². The minimum Gasteiger partial charge on any atom is -0.494 e. The summed E-state index contributed by atoms with van der Waals surface area (Å²) in [4.78, 5) is 13.1. The molecule has 0 saturated carbocycles. The minimum atomic E-state index is -0.0663. The van der Waals surface area contributed by atoms with Crippen LogP contribution in [0.4, 0.5) is 0 Å². The maximum atomic E-state index is 13.1. The Hall–Kier alpha value is -2.27. The van der Waals surface area contributed by atoms with E-state index in [4.69, 9.17) is 21.4 Å². The van der Waals surface area contributed by atoms with Crippen LogP contribution in [-0.2, 0) is 7.05 Å². The maximum absolute atomic E-state index is 13.1. The zero-order valence-corrected chi connectivity index (χ0v) is 16.6. The Balaban J connectivity index is 2.25. The smallest absolute Gasteiger partial charge is 0.278 e. The van der Waals surface area contributed by atoms with Gasteiger partial charge in [-0.15, -0.1) is 5.10 Å². The van der Waals surface area contributed by atoms with Gasteiger partial charge in [-0.05, 0) is 56.0 Å². The van der Waals surface area contributed by atoms with Crippen LogP contribution in [0.1, 0.15) is 44.4 Å². The molecule has 0 amide bonds. The Morgan fingerprint density at radius 2 is 2.00 bits per heavy atom. The molecule has 0 N–H and O–H groups in total. The largest absolute Gasteiger partial charge is 0.494 e. The van der Waals surface area contributed by atoms with Gasteiger partial charge in [0.15, 0.2) is 5.82 Å². The molecule has 1 unspecified atom stereocenters. The lowest BCUT2D eigenvalue weighted by molar-refractivity contribution is 0.340. The fraction of sp³-hybridized carbons (Fsp3) is 0.400. The molecule has 2 aromatic heterocycles. The van der Waals surface area contributed by atoms with Crippen molar-refractivity contribution in [1.29, 1.82) is 0 Å². The van der Waals surface area contributed by atoms with Crippen LogP contribution in [0.2, 0.25) is 5.02 Å². The normalized spacial score (nSPS) is 12.5. The van der Waals surface area contributed by atoms with Crippen molar-refractivity contribution in [2.24, 2.45) is 7.05 Å². The zero-order chi connectivity index (χ0) is 19.0. The van der Waals surface area contributed by atoms with Gasteiger partial charge in [-0.3, -0.25) is 9.36 Å². The molecule has 3 rings (SSSR count). The van der Waals surface area contributed by atoms with Crippen LogP contribution in [0, 0.1) is 6.92 Å². The molecule has 0 aliphatic carbocycles. The highest BCUT2D eigenvalue weighted by atomic mass is 35.5. The van der Waals surface area contributed by atoms with Crippen molar-refractivity contribution >= 4 is 17.1 Å². The van der Waals surface area contributed by atoms with E-state index in [0.29, 0.717) is 40.2 Å². The predicted molar refractivity (Wildman–Crippen MR) is 105 cm³/mol. The van der Waals surface area contributed by atoms with Crippen molar-refractivity contribution in [2.45, 2.75) is 40.0 Å². The molecule has 0 fully saturated rings. The highest BCUT2D eigenvalue weighted by Gasteiger charge is 2.20. The van der Waals surface area contributed by atoms with Crippen molar-refractivity contribution in [2.75, 3.05) is 6.61 Å². The first-order chi connectivity index (χ1) is 12.4. The number of hydrogen-bond donors (Lipinski definition) is 0. The van der Waals surface area contributed by atoms with E-state index >= 15 is 0 Å². The first-order valence-corrected chi connectivity index (χ1v) is 9.28. The van der Waals surface area contributed by atoms with E-state index in [9.17, 15) is 4.79 Å². The van der Waals surface area contributed by atoms with Crippen LogP contribution in [-0.4, -0.2) is 20.8 Å². The van der Waals surface area contributed by atoms with Gasteiger partial charge in [0.2, 0.25) is 0 Å². The van der Waals surface area contributed by atoms with Crippen LogP contribution in [0.5, 0.6) is 5.75 Å². The van der Waals surface area contributed by atoms with Crippen molar-refractivity contribution in [1.82, 2.24) is 14.2 Å². The lowest BCUT2D eigenvalue weighted by atomic mass is 10.00. The van der Waals surface area contributed by atoms with Gasteiger partial charge in [0.05, 0.1) is 11.6 Å². The summed E-state index contributed by atoms with van der Waals surface area (Å²) in [6.07, 6.45) is 0.967. The molecule has 0 saturated heterocycles. The fourth-order valence-corrected chi connectivity index (χ4v) is 3.43. The summed E-state index contributed by atoms with van der Waals surface area (Å²) >= 11 is 6.45. The second kappa shape index (κ2) is 7.16. The number of halogens is 1. The molecule has 0 spiro atoms. The quantitative estimate of drug-likeness (QED) is 0.658. The van der Waals surface area contributed by atoms with Gasteiger partial charge in [-0.1, -0.05) is 25.4 Å². The third kappa shape index (κ3) is 3.01. The van der Waals surface area contributed by atoms with Gasteiger partial charge in [-0.25, -0.2) is 4.52 Å². The first kappa shape index (κ1) is 18.5. The molecule has 0 aliphatic heterocycles. The summed E-state index contributed by atoms with van der Waals surface area (Å²) in [6.45, 7) is 8.71. The van der Waals surface area contributed by atoms with Crippen molar-refractivity contribution in [3.05, 3.63) is 50.9 Å². The van der Waals surface area contributed by atoms with Crippen LogP contribution in [0.15, 0.2) is 29.1 Å². The first-order valence-electron chi connectivity index (χ1n) is 8.91. The van der Waals surface area contributed by atoms with E-state index in [1.807, 2.05) is 26.0 Å². The van der Waals surface area contributed by atoms with Gasteiger partial charge in [0.25, 0.3) is 5.56 Å². The number of fused-ring (bicyclic) bond motifs is 1. The lowest BCUT2D eigenvalue weighted by Crippen LogP contribution is -2.24. The average molecular weight is 374 g/mol. The maximum Gasteiger partial charge on any atom is 0.278 e. The SMILES string of the molecule is CCOc1ccc(-c2nn3c(C)cc(C(C)CC)c3c(=O)n2C)c(Cl)c1. The van der Waals surface area contributed by atoms with Gasteiger partial charge in [0.1, 0.15) is 11.3 Å². The van der Waals surface area contributed by atoms with Gasteiger partial charge < -0.3 is 4.74 Å². The monoisotopic (exact) mass is 373 g/mol. The molecule has 5 nitrogen and oxygen atoms in total. The fourth-order valence-electron chi connectivity index (χ4n) is 3.18. The van der Waals surface area contributed by atoms with Crippen LogP contribution < -0.4 is 10.3 Å². The molecule has 26 heavy (non-hydrogen) atoms. The molecule has 0 aliphatic rings. The number of nitrogens with zero attached hydrogens (tertiary/aromatic N) is 3. The number of aromatic nitrogens is 3. The van der Waals surface area contributed by atoms with Crippen molar-refractivity contribution < 1.29 is 4.74 Å². The molecule has 6 heteroatoms. The molecule has 2 heterocycles. The van der Waals surface area contributed by atoms with Crippen LogP contribution in [0.25, 0.3) is 16.9 Å². The third-order valence-electron chi connectivity index (χ3n) is 4.84. The van der Waals surface area contributed by atoms with E-state index in [1.165, 1.54) is 0 Å². The minimum absolute atomic E-state index is 0.0663. The summed E-state index contributed by atoms with van der Waals surface area (Å²) in [7, 11) is 1.74. The average Bonchev–Trinajstić information content (AvgIpc) is 2.95. The summed E-state index contributed by atoms with van der Waals surface area (Å²) < 4.78 is 8.80. The Morgan fingerprint density at radius 3 is 2.62 bits per heavy atom. The molecule has 3 aromatic rings. The summed E-state index contributed by atoms with van der Waals surface area (Å²) in [6, 6.07) is 7.49. The molecule has 0 radical (unpaired) electrons. The molecule has 138 valence electrons. The van der Waals surface area contributed by atoms with Crippen LogP contribution >= 0.6 is 11.6 Å². The second-order valence-electron chi connectivity index (χ2n) is 6.57. The number of ether oxygens (including phenoxy) is 1. The standard InChI is InChI=1S/C20H24ClN3O2/c1-6-12(3)16-10-13(4)24-18(16)20(25)23(5)19(22-24)15-9-8-14(26-7-2)11-17(15)21/h8-12H,6-7H2,1-5H3. The number of hydrogen-bond acceptors (Lipinski definition) is 3. The topological polar surface area (TPSA) is 48.5 Å². The lowest BCUT2D eigenvalue weighted by Gasteiger charge is -2.13. The predicted octanol–water partition coefficient (Wildman–Crippen LogP) is 4.57. The molecular weight excluding hydrogens is 350 g/mol.